The molecule has 0 bridgehead atoms. The van der Waals surface area contributed by atoms with Crippen molar-refractivity contribution in [2.24, 2.45) is 11.1 Å². The van der Waals surface area contributed by atoms with E-state index in [1.54, 1.807) is 7.11 Å². The maximum atomic E-state index is 6.25. The zero-order chi connectivity index (χ0) is 12.3. The Hall–Kier alpha value is -1.06. The number of methoxy groups -OCH3 is 1. The monoisotopic (exact) mass is 235 g/mol. The third kappa shape index (κ3) is 2.99. The van der Waals surface area contributed by atoms with Crippen LogP contribution < -0.4 is 10.5 Å². The summed E-state index contributed by atoms with van der Waals surface area (Å²) >= 11 is 0. The molecule has 0 aliphatic heterocycles. The molecule has 3 nitrogen and oxygen atoms in total. The van der Waals surface area contributed by atoms with Gasteiger partial charge < -0.3 is 15.2 Å². The lowest BCUT2D eigenvalue weighted by Gasteiger charge is -2.19. The molecule has 1 atom stereocenters. The van der Waals surface area contributed by atoms with E-state index in [1.165, 1.54) is 18.4 Å². The highest BCUT2D eigenvalue weighted by molar-refractivity contribution is 5.30. The number of ether oxygens (including phenoxy) is 2. The van der Waals surface area contributed by atoms with Crippen molar-refractivity contribution in [1.29, 1.82) is 0 Å². The summed E-state index contributed by atoms with van der Waals surface area (Å²) in [5.74, 6) is 0.874. The van der Waals surface area contributed by atoms with Crippen molar-refractivity contribution in [3.8, 4) is 5.75 Å². The van der Waals surface area contributed by atoms with Crippen molar-refractivity contribution >= 4 is 0 Å². The normalized spacial score (nSPS) is 18.8. The van der Waals surface area contributed by atoms with Crippen molar-refractivity contribution in [2.45, 2.75) is 25.8 Å². The second-order valence-corrected chi connectivity index (χ2v) is 5.04. The van der Waals surface area contributed by atoms with Gasteiger partial charge in [-0.15, -0.1) is 0 Å². The van der Waals surface area contributed by atoms with Gasteiger partial charge in [0.25, 0.3) is 0 Å². The number of rotatable bonds is 6. The standard InChI is InChI=1S/C14H21NO2/c1-14(7-8-14)13(15)11-3-5-12(6-4-11)17-10-9-16-2/h3-6,13H,7-10,15H2,1-2H3. The third-order valence-corrected chi connectivity index (χ3v) is 3.58. The van der Waals surface area contributed by atoms with Gasteiger partial charge in [0.05, 0.1) is 6.61 Å². The van der Waals surface area contributed by atoms with Crippen molar-refractivity contribution in [3.63, 3.8) is 0 Å². The lowest BCUT2D eigenvalue weighted by molar-refractivity contribution is 0.146. The molecule has 1 aromatic rings. The second-order valence-electron chi connectivity index (χ2n) is 5.04. The zero-order valence-corrected chi connectivity index (χ0v) is 10.6. The summed E-state index contributed by atoms with van der Waals surface area (Å²) in [6, 6.07) is 8.25. The van der Waals surface area contributed by atoms with Crippen LogP contribution in [-0.4, -0.2) is 20.3 Å². The first kappa shape index (κ1) is 12.4. The van der Waals surface area contributed by atoms with Gasteiger partial charge in [0.15, 0.2) is 0 Å². The predicted molar refractivity (Wildman–Crippen MR) is 68.1 cm³/mol. The quantitative estimate of drug-likeness (QED) is 0.770. The van der Waals surface area contributed by atoms with Gasteiger partial charge in [-0.2, -0.15) is 0 Å². The SMILES string of the molecule is COCCOc1ccc(C(N)C2(C)CC2)cc1. The number of hydrogen-bond donors (Lipinski definition) is 1. The molecule has 0 radical (unpaired) electrons. The Labute approximate surface area is 103 Å². The fraction of sp³-hybridized carbons (Fsp3) is 0.571. The first-order valence-corrected chi connectivity index (χ1v) is 6.13. The number of benzene rings is 1. The highest BCUT2D eigenvalue weighted by Crippen LogP contribution is 2.53. The summed E-state index contributed by atoms with van der Waals surface area (Å²) in [5.41, 5.74) is 7.76. The van der Waals surface area contributed by atoms with E-state index < -0.39 is 0 Å². The Kier molecular flexibility index (Phi) is 3.69. The third-order valence-electron chi connectivity index (χ3n) is 3.58. The molecule has 1 saturated carbocycles. The predicted octanol–water partition coefficient (Wildman–Crippen LogP) is 2.51. The molecule has 94 valence electrons. The minimum absolute atomic E-state index is 0.149. The van der Waals surface area contributed by atoms with Gasteiger partial charge >= 0.3 is 0 Å². The molecule has 0 saturated heterocycles. The van der Waals surface area contributed by atoms with Crippen molar-refractivity contribution in [3.05, 3.63) is 29.8 Å². The van der Waals surface area contributed by atoms with Gasteiger partial charge in [-0.1, -0.05) is 19.1 Å². The van der Waals surface area contributed by atoms with Crippen LogP contribution in [0.5, 0.6) is 5.75 Å². The summed E-state index contributed by atoms with van der Waals surface area (Å²) in [7, 11) is 1.67. The molecule has 1 fully saturated rings. The van der Waals surface area contributed by atoms with Crippen LogP contribution in [-0.2, 0) is 4.74 Å². The first-order valence-electron chi connectivity index (χ1n) is 6.13. The average Bonchev–Trinajstić information content (AvgIpc) is 3.09. The van der Waals surface area contributed by atoms with E-state index in [0.29, 0.717) is 18.6 Å². The van der Waals surface area contributed by atoms with Crippen LogP contribution in [0.1, 0.15) is 31.4 Å². The van der Waals surface area contributed by atoms with Crippen LogP contribution in [0, 0.1) is 5.41 Å². The van der Waals surface area contributed by atoms with Gasteiger partial charge in [0.1, 0.15) is 12.4 Å². The van der Waals surface area contributed by atoms with E-state index in [9.17, 15) is 0 Å². The fourth-order valence-corrected chi connectivity index (χ4v) is 1.92. The molecule has 17 heavy (non-hydrogen) atoms. The van der Waals surface area contributed by atoms with Crippen LogP contribution >= 0.6 is 0 Å². The molecule has 0 heterocycles. The maximum absolute atomic E-state index is 6.25. The highest BCUT2D eigenvalue weighted by atomic mass is 16.5. The molecule has 0 spiro atoms. The molecule has 1 aliphatic carbocycles. The van der Waals surface area contributed by atoms with E-state index >= 15 is 0 Å². The minimum atomic E-state index is 0.149. The van der Waals surface area contributed by atoms with Crippen molar-refractivity contribution in [1.82, 2.24) is 0 Å². The number of hydrogen-bond acceptors (Lipinski definition) is 3. The van der Waals surface area contributed by atoms with Gasteiger partial charge in [0.2, 0.25) is 0 Å². The molecule has 2 rings (SSSR count). The highest BCUT2D eigenvalue weighted by Gasteiger charge is 2.43. The summed E-state index contributed by atoms with van der Waals surface area (Å²) in [6.45, 7) is 3.44. The summed E-state index contributed by atoms with van der Waals surface area (Å²) in [4.78, 5) is 0. The van der Waals surface area contributed by atoms with Crippen molar-refractivity contribution in [2.75, 3.05) is 20.3 Å². The Morgan fingerprint density at radius 2 is 1.88 bits per heavy atom. The molecule has 2 N–H and O–H groups in total. The minimum Gasteiger partial charge on any atom is -0.491 e. The molecule has 3 heteroatoms. The lowest BCUT2D eigenvalue weighted by Crippen LogP contribution is -2.19. The average molecular weight is 235 g/mol. The van der Waals surface area contributed by atoms with Crippen LogP contribution in [0.25, 0.3) is 0 Å². The van der Waals surface area contributed by atoms with Gasteiger partial charge in [-0.3, -0.25) is 0 Å². The van der Waals surface area contributed by atoms with Gasteiger partial charge in [-0.05, 0) is 36.0 Å². The summed E-state index contributed by atoms with van der Waals surface area (Å²) in [6.07, 6.45) is 2.47. The zero-order valence-electron chi connectivity index (χ0n) is 10.6. The topological polar surface area (TPSA) is 44.5 Å². The largest absolute Gasteiger partial charge is 0.491 e. The summed E-state index contributed by atoms with van der Waals surface area (Å²) in [5, 5.41) is 0. The molecule has 1 aromatic carbocycles. The molecule has 0 aromatic heterocycles. The van der Waals surface area contributed by atoms with Crippen LogP contribution in [0.4, 0.5) is 0 Å². The second kappa shape index (κ2) is 5.07. The maximum Gasteiger partial charge on any atom is 0.119 e. The Balaban J connectivity index is 1.93. The van der Waals surface area contributed by atoms with Gasteiger partial charge in [0, 0.05) is 13.2 Å². The van der Waals surface area contributed by atoms with E-state index in [4.69, 9.17) is 15.2 Å². The Morgan fingerprint density at radius 3 is 2.41 bits per heavy atom. The fourth-order valence-electron chi connectivity index (χ4n) is 1.92. The van der Waals surface area contributed by atoms with E-state index in [2.05, 4.69) is 19.1 Å². The molecular formula is C14H21NO2. The van der Waals surface area contributed by atoms with Crippen LogP contribution in [0.2, 0.25) is 0 Å². The molecule has 1 unspecified atom stereocenters. The Bertz CT molecular complexity index is 357. The van der Waals surface area contributed by atoms with Crippen LogP contribution in [0.3, 0.4) is 0 Å². The smallest absolute Gasteiger partial charge is 0.119 e. The molecular weight excluding hydrogens is 214 g/mol. The van der Waals surface area contributed by atoms with E-state index in [-0.39, 0.29) is 6.04 Å². The van der Waals surface area contributed by atoms with Crippen LogP contribution in [0.15, 0.2) is 24.3 Å². The summed E-state index contributed by atoms with van der Waals surface area (Å²) < 4.78 is 10.5. The first-order chi connectivity index (χ1) is 8.15. The number of nitrogens with two attached hydrogens (primary N) is 1. The lowest BCUT2D eigenvalue weighted by atomic mass is 9.93. The molecule has 1 aliphatic rings. The van der Waals surface area contributed by atoms with E-state index in [1.807, 2.05) is 12.1 Å². The van der Waals surface area contributed by atoms with E-state index in [0.717, 1.165) is 5.75 Å². The van der Waals surface area contributed by atoms with Crippen molar-refractivity contribution < 1.29 is 9.47 Å². The van der Waals surface area contributed by atoms with Gasteiger partial charge in [-0.25, -0.2) is 0 Å². The molecule has 0 amide bonds. The Morgan fingerprint density at radius 1 is 1.24 bits per heavy atom.